The van der Waals surface area contributed by atoms with Crippen molar-refractivity contribution >= 4 is 11.6 Å². The Kier molecular flexibility index (Phi) is 3.18. The normalized spacial score (nSPS) is 23.8. The van der Waals surface area contributed by atoms with E-state index >= 15 is 0 Å². The van der Waals surface area contributed by atoms with Crippen LogP contribution >= 0.6 is 0 Å². The van der Waals surface area contributed by atoms with E-state index in [1.807, 2.05) is 29.9 Å². The van der Waals surface area contributed by atoms with Crippen molar-refractivity contribution in [2.45, 2.75) is 25.2 Å². The van der Waals surface area contributed by atoms with E-state index in [9.17, 15) is 0 Å². The minimum absolute atomic E-state index is 0.118. The first-order chi connectivity index (χ1) is 10.7. The molecular weight excluding hydrogens is 282 g/mol. The molecule has 116 valence electrons. The van der Waals surface area contributed by atoms with Crippen LogP contribution in [0.15, 0.2) is 18.6 Å². The Morgan fingerprint density at radius 1 is 1.27 bits per heavy atom. The summed E-state index contributed by atoms with van der Waals surface area (Å²) in [6, 6.07) is 0.271. The van der Waals surface area contributed by atoms with E-state index in [1.165, 1.54) is 0 Å². The highest BCUT2D eigenvalue weighted by atomic mass is 16.5. The van der Waals surface area contributed by atoms with Crippen LogP contribution in [0.25, 0.3) is 0 Å². The molecule has 0 unspecified atom stereocenters. The van der Waals surface area contributed by atoms with E-state index in [4.69, 9.17) is 4.74 Å². The molecule has 0 aromatic carbocycles. The fraction of sp³-hybridized carbons (Fsp3) is 0.571. The first kappa shape index (κ1) is 13.4. The Labute approximate surface area is 128 Å². The number of nitrogens with zero attached hydrogens (tertiary/aromatic N) is 7. The highest BCUT2D eigenvalue weighted by Crippen LogP contribution is 2.32. The van der Waals surface area contributed by atoms with Crippen LogP contribution in [0.3, 0.4) is 0 Å². The van der Waals surface area contributed by atoms with Gasteiger partial charge in [0.1, 0.15) is 11.6 Å². The van der Waals surface area contributed by atoms with Crippen LogP contribution in [0.1, 0.15) is 18.2 Å². The largest absolute Gasteiger partial charge is 0.368 e. The Bertz CT molecular complexity index is 671. The van der Waals surface area contributed by atoms with E-state index in [0.717, 1.165) is 36.8 Å². The molecule has 22 heavy (non-hydrogen) atoms. The van der Waals surface area contributed by atoms with Crippen molar-refractivity contribution < 1.29 is 4.74 Å². The highest BCUT2D eigenvalue weighted by Gasteiger charge is 2.36. The molecule has 4 rings (SSSR count). The molecule has 2 aromatic rings. The molecule has 1 saturated heterocycles. The van der Waals surface area contributed by atoms with Gasteiger partial charge in [-0.1, -0.05) is 5.21 Å². The van der Waals surface area contributed by atoms with E-state index in [0.29, 0.717) is 6.61 Å². The van der Waals surface area contributed by atoms with Crippen molar-refractivity contribution in [2.75, 3.05) is 37.0 Å². The first-order valence-corrected chi connectivity index (χ1v) is 7.47. The van der Waals surface area contributed by atoms with Crippen LogP contribution in [0.5, 0.6) is 0 Å². The molecule has 0 N–H and O–H groups in total. The molecule has 2 aliphatic heterocycles. The molecular formula is C14H19N7O. The molecule has 8 nitrogen and oxygen atoms in total. The average molecular weight is 301 g/mol. The maximum atomic E-state index is 6.00. The van der Waals surface area contributed by atoms with Crippen LogP contribution in [0, 0.1) is 0 Å². The molecule has 4 heterocycles. The molecule has 0 aliphatic carbocycles. The fourth-order valence-corrected chi connectivity index (χ4v) is 3.11. The summed E-state index contributed by atoms with van der Waals surface area (Å²) in [6.07, 6.45) is 6.46. The van der Waals surface area contributed by atoms with Gasteiger partial charge in [-0.15, -0.1) is 5.10 Å². The van der Waals surface area contributed by atoms with E-state index in [1.54, 1.807) is 12.4 Å². The van der Waals surface area contributed by atoms with Gasteiger partial charge in [-0.05, 0) is 6.42 Å². The lowest BCUT2D eigenvalue weighted by Crippen LogP contribution is -2.48. The molecule has 0 amide bonds. The minimum Gasteiger partial charge on any atom is -0.368 e. The summed E-state index contributed by atoms with van der Waals surface area (Å²) >= 11 is 0. The third-order valence-corrected chi connectivity index (χ3v) is 4.32. The lowest BCUT2D eigenvalue weighted by molar-refractivity contribution is -0.0335. The SMILES string of the molecule is CN(C)c1cncc(N2CC[C@H]3[C@H](C2)OCc2cnnn23)n1. The van der Waals surface area contributed by atoms with Gasteiger partial charge in [0.2, 0.25) is 0 Å². The van der Waals surface area contributed by atoms with Crippen LogP contribution in [0.2, 0.25) is 0 Å². The number of piperidine rings is 1. The zero-order chi connectivity index (χ0) is 15.1. The Morgan fingerprint density at radius 3 is 3.05 bits per heavy atom. The second kappa shape index (κ2) is 5.20. The van der Waals surface area contributed by atoms with Gasteiger partial charge in [-0.2, -0.15) is 0 Å². The topological polar surface area (TPSA) is 72.2 Å². The number of hydrogen-bond donors (Lipinski definition) is 0. The summed E-state index contributed by atoms with van der Waals surface area (Å²) in [7, 11) is 3.94. The Balaban J connectivity index is 1.55. The van der Waals surface area contributed by atoms with Crippen molar-refractivity contribution in [3.8, 4) is 0 Å². The van der Waals surface area contributed by atoms with Crippen LogP contribution in [0.4, 0.5) is 11.6 Å². The van der Waals surface area contributed by atoms with Crippen LogP contribution in [-0.4, -0.2) is 58.3 Å². The molecule has 1 fully saturated rings. The van der Waals surface area contributed by atoms with E-state index in [2.05, 4.69) is 25.2 Å². The van der Waals surface area contributed by atoms with Crippen LogP contribution in [-0.2, 0) is 11.3 Å². The fourth-order valence-electron chi connectivity index (χ4n) is 3.11. The summed E-state index contributed by atoms with van der Waals surface area (Å²) in [5.74, 6) is 1.76. The predicted octanol–water partition coefficient (Wildman–Crippen LogP) is 0.484. The summed E-state index contributed by atoms with van der Waals surface area (Å²) in [6.45, 7) is 2.29. The number of hydrogen-bond acceptors (Lipinski definition) is 7. The highest BCUT2D eigenvalue weighted by molar-refractivity contribution is 5.45. The molecule has 0 spiro atoms. The molecule has 2 aromatic heterocycles. The molecule has 0 saturated carbocycles. The zero-order valence-corrected chi connectivity index (χ0v) is 12.8. The van der Waals surface area contributed by atoms with Gasteiger partial charge in [-0.3, -0.25) is 4.98 Å². The van der Waals surface area contributed by atoms with E-state index < -0.39 is 0 Å². The van der Waals surface area contributed by atoms with Gasteiger partial charge in [0.05, 0.1) is 43.0 Å². The molecule has 0 radical (unpaired) electrons. The summed E-state index contributed by atoms with van der Waals surface area (Å²) in [5, 5.41) is 8.20. The predicted molar refractivity (Wildman–Crippen MR) is 80.8 cm³/mol. The van der Waals surface area contributed by atoms with Crippen molar-refractivity contribution in [1.82, 2.24) is 25.0 Å². The van der Waals surface area contributed by atoms with Gasteiger partial charge in [-0.25, -0.2) is 9.67 Å². The molecule has 2 atom stereocenters. The number of anilines is 2. The van der Waals surface area contributed by atoms with Crippen molar-refractivity contribution in [3.05, 3.63) is 24.3 Å². The van der Waals surface area contributed by atoms with Gasteiger partial charge in [0, 0.05) is 27.2 Å². The Hall–Kier alpha value is -2.22. The van der Waals surface area contributed by atoms with E-state index in [-0.39, 0.29) is 12.1 Å². The van der Waals surface area contributed by atoms with Crippen molar-refractivity contribution in [1.29, 1.82) is 0 Å². The lowest BCUT2D eigenvalue weighted by atomic mass is 10.0. The Morgan fingerprint density at radius 2 is 2.18 bits per heavy atom. The third kappa shape index (κ3) is 2.19. The monoisotopic (exact) mass is 301 g/mol. The number of ether oxygens (including phenoxy) is 1. The minimum atomic E-state index is 0.118. The molecule has 0 bridgehead atoms. The quantitative estimate of drug-likeness (QED) is 0.799. The zero-order valence-electron chi connectivity index (χ0n) is 12.8. The van der Waals surface area contributed by atoms with Gasteiger partial charge in [0.15, 0.2) is 0 Å². The second-order valence-corrected chi connectivity index (χ2v) is 5.95. The summed E-state index contributed by atoms with van der Waals surface area (Å²) in [5.41, 5.74) is 1.06. The van der Waals surface area contributed by atoms with Crippen molar-refractivity contribution in [3.63, 3.8) is 0 Å². The van der Waals surface area contributed by atoms with Gasteiger partial charge in [0.25, 0.3) is 0 Å². The number of fused-ring (bicyclic) bond motifs is 3. The van der Waals surface area contributed by atoms with Crippen molar-refractivity contribution in [2.24, 2.45) is 0 Å². The smallest absolute Gasteiger partial charge is 0.149 e. The van der Waals surface area contributed by atoms with Gasteiger partial charge >= 0.3 is 0 Å². The molecule has 2 aliphatic rings. The summed E-state index contributed by atoms with van der Waals surface area (Å²) < 4.78 is 8.02. The lowest BCUT2D eigenvalue weighted by Gasteiger charge is -2.41. The summed E-state index contributed by atoms with van der Waals surface area (Å²) in [4.78, 5) is 13.2. The average Bonchev–Trinajstić information content (AvgIpc) is 3.03. The van der Waals surface area contributed by atoms with Gasteiger partial charge < -0.3 is 14.5 Å². The maximum absolute atomic E-state index is 6.00. The third-order valence-electron chi connectivity index (χ3n) is 4.32. The first-order valence-electron chi connectivity index (χ1n) is 7.47. The second-order valence-electron chi connectivity index (χ2n) is 5.95. The number of aromatic nitrogens is 5. The molecule has 8 heteroatoms. The number of rotatable bonds is 2. The standard InChI is InChI=1S/C14H19N7O/c1-19(2)13-6-15-7-14(17-13)20-4-3-11-12(8-20)22-9-10-5-16-18-21(10)11/h5-7,11-12H,3-4,8-9H2,1-2H3/t11-,12-/m0/s1. The maximum Gasteiger partial charge on any atom is 0.149 e. The van der Waals surface area contributed by atoms with Crippen LogP contribution < -0.4 is 9.80 Å².